The van der Waals surface area contributed by atoms with E-state index < -0.39 is 49.5 Å². The Labute approximate surface area is 498 Å². The van der Waals surface area contributed by atoms with Crippen LogP contribution in [0.2, 0.25) is 0 Å². The smallest absolute Gasteiger partial charge is 0.305 e. The van der Waals surface area contributed by atoms with Crippen LogP contribution in [0.1, 0.15) is 335 Å². The quantitative estimate of drug-likeness (QED) is 0.0195. The van der Waals surface area contributed by atoms with Crippen molar-refractivity contribution in [3.63, 3.8) is 0 Å². The molecule has 7 atom stereocenters. The van der Waals surface area contributed by atoms with Gasteiger partial charge in [-0.25, -0.2) is 0 Å². The molecule has 0 saturated carbocycles. The molecule has 1 fully saturated rings. The Morgan fingerprint density at radius 3 is 1.25 bits per heavy atom. The van der Waals surface area contributed by atoms with Crippen LogP contribution in [0.5, 0.6) is 0 Å². The number of carbonyl (C=O) groups is 2. The SMILES string of the molecule is CCCCCCCCC/C=C/C(O)C(COC1OC(CO)C(O)C(O)C1O)NC(=O)CCCCCCCCCCCCCCC/C=C\C/C=C\CCCCCCCCCCCOC(=O)CCCCCCCCCCCCCCCCC. The lowest BCUT2D eigenvalue weighted by atomic mass is 9.99. The second kappa shape index (κ2) is 59.6. The van der Waals surface area contributed by atoms with Crippen LogP contribution >= 0.6 is 0 Å². The molecule has 0 aromatic heterocycles. The van der Waals surface area contributed by atoms with Gasteiger partial charge in [-0.2, -0.15) is 0 Å². The summed E-state index contributed by atoms with van der Waals surface area (Å²) in [5, 5.41) is 54.3. The number of esters is 1. The van der Waals surface area contributed by atoms with Crippen molar-refractivity contribution in [2.45, 2.75) is 378 Å². The fourth-order valence-electron chi connectivity index (χ4n) is 11.0. The zero-order valence-electron chi connectivity index (χ0n) is 52.8. The van der Waals surface area contributed by atoms with Crippen LogP contribution in [0.15, 0.2) is 36.5 Å². The molecule has 0 radical (unpaired) electrons. The number of aliphatic hydroxyl groups is 5. The van der Waals surface area contributed by atoms with E-state index in [1.54, 1.807) is 6.08 Å². The van der Waals surface area contributed by atoms with Gasteiger partial charge >= 0.3 is 5.97 Å². The van der Waals surface area contributed by atoms with E-state index in [4.69, 9.17) is 14.2 Å². The monoisotopic (exact) mass is 1150 g/mol. The fraction of sp³-hybridized carbons (Fsp3) is 0.886. The Bertz CT molecular complexity index is 1440. The average molecular weight is 1150 g/mol. The molecule has 1 amide bonds. The zero-order valence-corrected chi connectivity index (χ0v) is 52.8. The Morgan fingerprint density at radius 2 is 0.827 bits per heavy atom. The first kappa shape index (κ1) is 76.9. The molecule has 1 heterocycles. The third kappa shape index (κ3) is 48.8. The van der Waals surface area contributed by atoms with E-state index in [0.717, 1.165) is 64.2 Å². The number of hydrogen-bond donors (Lipinski definition) is 6. The average Bonchev–Trinajstić information content (AvgIpc) is 3.47. The molecule has 0 bridgehead atoms. The number of rotatable bonds is 61. The minimum atomic E-state index is -1.57. The van der Waals surface area contributed by atoms with Crippen LogP contribution in [0.3, 0.4) is 0 Å². The van der Waals surface area contributed by atoms with Crippen LogP contribution in [0.25, 0.3) is 0 Å². The molecule has 11 heteroatoms. The third-order valence-corrected chi connectivity index (χ3v) is 16.5. The molecular formula is C70H131NO10. The minimum Gasteiger partial charge on any atom is -0.466 e. The number of allylic oxidation sites excluding steroid dienone is 5. The molecule has 0 spiro atoms. The molecule has 1 aliphatic rings. The first-order valence-corrected chi connectivity index (χ1v) is 34.8. The molecule has 0 aromatic carbocycles. The van der Waals surface area contributed by atoms with Gasteiger partial charge in [-0.3, -0.25) is 9.59 Å². The highest BCUT2D eigenvalue weighted by molar-refractivity contribution is 5.76. The van der Waals surface area contributed by atoms with Crippen molar-refractivity contribution in [1.29, 1.82) is 0 Å². The summed E-state index contributed by atoms with van der Waals surface area (Å²) in [4.78, 5) is 25.1. The Hall–Kier alpha value is -2.12. The van der Waals surface area contributed by atoms with Gasteiger partial charge in [0.2, 0.25) is 5.91 Å². The largest absolute Gasteiger partial charge is 0.466 e. The summed E-state index contributed by atoms with van der Waals surface area (Å²) in [6, 6.07) is -0.809. The van der Waals surface area contributed by atoms with Crippen LogP contribution in [-0.4, -0.2) is 100 Å². The summed E-state index contributed by atoms with van der Waals surface area (Å²) in [5.74, 6) is -0.178. The van der Waals surface area contributed by atoms with Crippen molar-refractivity contribution in [1.82, 2.24) is 5.32 Å². The van der Waals surface area contributed by atoms with Gasteiger partial charge in [0.15, 0.2) is 6.29 Å². The van der Waals surface area contributed by atoms with Crippen molar-refractivity contribution >= 4 is 11.9 Å². The predicted octanol–water partition coefficient (Wildman–Crippen LogP) is 17.4. The lowest BCUT2D eigenvalue weighted by molar-refractivity contribution is -0.302. The molecular weight excluding hydrogens is 1010 g/mol. The van der Waals surface area contributed by atoms with Gasteiger partial charge < -0.3 is 45.1 Å². The van der Waals surface area contributed by atoms with Gasteiger partial charge in [-0.05, 0) is 64.2 Å². The summed E-state index contributed by atoms with van der Waals surface area (Å²) in [6.45, 7) is 4.34. The molecule has 6 N–H and O–H groups in total. The van der Waals surface area contributed by atoms with E-state index in [-0.39, 0.29) is 18.5 Å². The topological polar surface area (TPSA) is 175 Å². The van der Waals surface area contributed by atoms with Crippen LogP contribution in [-0.2, 0) is 23.8 Å². The van der Waals surface area contributed by atoms with Gasteiger partial charge in [-0.15, -0.1) is 0 Å². The van der Waals surface area contributed by atoms with Crippen LogP contribution in [0, 0.1) is 0 Å². The second-order valence-electron chi connectivity index (χ2n) is 24.2. The normalized spacial score (nSPS) is 18.4. The summed E-state index contributed by atoms with van der Waals surface area (Å²) < 4.78 is 16.7. The van der Waals surface area contributed by atoms with Crippen LogP contribution in [0.4, 0.5) is 0 Å². The van der Waals surface area contributed by atoms with Gasteiger partial charge in [-0.1, -0.05) is 294 Å². The summed E-state index contributed by atoms with van der Waals surface area (Å²) in [7, 11) is 0. The van der Waals surface area contributed by atoms with E-state index in [1.807, 2.05) is 6.08 Å². The maximum absolute atomic E-state index is 13.0. The summed E-state index contributed by atoms with van der Waals surface area (Å²) >= 11 is 0. The van der Waals surface area contributed by atoms with E-state index in [9.17, 15) is 35.1 Å². The molecule has 1 saturated heterocycles. The summed E-state index contributed by atoms with van der Waals surface area (Å²) in [6.07, 6.45) is 65.7. The van der Waals surface area contributed by atoms with E-state index in [1.165, 1.54) is 244 Å². The maximum Gasteiger partial charge on any atom is 0.305 e. The number of nitrogens with one attached hydrogen (secondary N) is 1. The molecule has 476 valence electrons. The number of ether oxygens (including phenoxy) is 3. The molecule has 1 aliphatic heterocycles. The van der Waals surface area contributed by atoms with Crippen molar-refractivity contribution in [2.75, 3.05) is 19.8 Å². The first-order chi connectivity index (χ1) is 39.7. The van der Waals surface area contributed by atoms with E-state index in [0.29, 0.717) is 19.4 Å². The fourth-order valence-corrected chi connectivity index (χ4v) is 11.0. The van der Waals surface area contributed by atoms with Crippen molar-refractivity contribution in [3.8, 4) is 0 Å². The molecule has 11 nitrogen and oxygen atoms in total. The number of carbonyl (C=O) groups excluding carboxylic acids is 2. The van der Waals surface area contributed by atoms with Crippen LogP contribution < -0.4 is 5.32 Å². The Kier molecular flexibility index (Phi) is 56.6. The second-order valence-corrected chi connectivity index (χ2v) is 24.2. The highest BCUT2D eigenvalue weighted by Crippen LogP contribution is 2.23. The highest BCUT2D eigenvalue weighted by Gasteiger charge is 2.44. The van der Waals surface area contributed by atoms with E-state index >= 15 is 0 Å². The maximum atomic E-state index is 13.0. The van der Waals surface area contributed by atoms with Gasteiger partial charge in [0, 0.05) is 12.8 Å². The number of amides is 1. The molecule has 7 unspecified atom stereocenters. The van der Waals surface area contributed by atoms with Crippen molar-refractivity contribution in [2.24, 2.45) is 0 Å². The molecule has 1 rings (SSSR count). The lowest BCUT2D eigenvalue weighted by Crippen LogP contribution is -2.60. The van der Waals surface area contributed by atoms with Gasteiger partial charge in [0.25, 0.3) is 0 Å². The number of aliphatic hydroxyl groups excluding tert-OH is 5. The number of unbranched alkanes of at least 4 members (excludes halogenated alkanes) is 43. The van der Waals surface area contributed by atoms with Gasteiger partial charge in [0.1, 0.15) is 24.4 Å². The lowest BCUT2D eigenvalue weighted by Gasteiger charge is -2.40. The first-order valence-electron chi connectivity index (χ1n) is 34.8. The minimum absolute atomic E-state index is 0.00641. The predicted molar refractivity (Wildman–Crippen MR) is 338 cm³/mol. The van der Waals surface area contributed by atoms with Gasteiger partial charge in [0.05, 0.1) is 32.0 Å². The zero-order chi connectivity index (χ0) is 58.7. The number of hydrogen-bond acceptors (Lipinski definition) is 10. The Balaban J connectivity index is 1.94. The third-order valence-electron chi connectivity index (χ3n) is 16.5. The van der Waals surface area contributed by atoms with Crippen molar-refractivity contribution < 1.29 is 49.3 Å². The van der Waals surface area contributed by atoms with Crippen molar-refractivity contribution in [3.05, 3.63) is 36.5 Å². The highest BCUT2D eigenvalue weighted by atomic mass is 16.7. The van der Waals surface area contributed by atoms with E-state index in [2.05, 4.69) is 43.5 Å². The standard InChI is InChI=1S/C70H131NO10/c1-3-5-7-9-11-13-14-15-31-35-38-42-46-50-54-58-66(75)79-59-55-51-47-43-39-36-33-30-28-26-24-22-20-18-16-17-19-21-23-25-27-29-32-34-37-41-45-49-53-57-65(74)71-62(63(73)56-52-48-44-40-12-10-8-6-4-2)61-80-70-69(78)68(77)67(76)64(60-72)81-70/h16,18,22,24,52,56,62-64,67-70,72-73,76-78H,3-15,17,19-21,23,25-51,53-55,57-61H2,1-2H3,(H,71,74)/b18-16-,24-22-,56-52+. The molecule has 81 heavy (non-hydrogen) atoms. The Morgan fingerprint density at radius 1 is 0.457 bits per heavy atom. The molecule has 0 aromatic rings. The molecule has 0 aliphatic carbocycles. The summed E-state index contributed by atoms with van der Waals surface area (Å²) in [5.41, 5.74) is 0.